The van der Waals surface area contributed by atoms with E-state index in [4.69, 9.17) is 25.7 Å². The van der Waals surface area contributed by atoms with Crippen LogP contribution in [0.4, 0.5) is 17.3 Å². The van der Waals surface area contributed by atoms with E-state index in [0.717, 1.165) is 46.5 Å². The molecule has 2 heterocycles. The van der Waals surface area contributed by atoms with Crippen molar-refractivity contribution in [1.82, 2.24) is 19.9 Å². The quantitative estimate of drug-likeness (QED) is 0.162. The maximum atomic E-state index is 6.59. The molecule has 6 heteroatoms. The second kappa shape index (κ2) is 15.0. The topological polar surface area (TPSA) is 80.8 Å². The van der Waals surface area contributed by atoms with Gasteiger partial charge in [-0.15, -0.1) is 0 Å². The first-order valence-corrected chi connectivity index (χ1v) is 18.6. The van der Waals surface area contributed by atoms with E-state index < -0.39 is 5.54 Å². The van der Waals surface area contributed by atoms with E-state index in [1.165, 1.54) is 75.3 Å². The lowest BCUT2D eigenvalue weighted by Crippen LogP contribution is -2.37. The molecule has 0 radical (unpaired) electrons. The molecule has 6 nitrogen and oxygen atoms in total. The van der Waals surface area contributed by atoms with Crippen molar-refractivity contribution in [3.05, 3.63) is 115 Å². The van der Waals surface area contributed by atoms with Crippen molar-refractivity contribution in [2.24, 2.45) is 5.73 Å². The number of benzene rings is 3. The van der Waals surface area contributed by atoms with E-state index >= 15 is 0 Å². The van der Waals surface area contributed by atoms with Gasteiger partial charge in [-0.1, -0.05) is 101 Å². The molecule has 3 aromatic carbocycles. The first kappa shape index (κ1) is 33.1. The molecule has 49 heavy (non-hydrogen) atoms. The van der Waals surface area contributed by atoms with Crippen LogP contribution in [0.3, 0.4) is 0 Å². The highest BCUT2D eigenvalue weighted by Crippen LogP contribution is 2.39. The van der Waals surface area contributed by atoms with Gasteiger partial charge in [0.2, 0.25) is 5.95 Å². The van der Waals surface area contributed by atoms with Gasteiger partial charge >= 0.3 is 0 Å². The lowest BCUT2D eigenvalue weighted by Gasteiger charge is -2.26. The van der Waals surface area contributed by atoms with E-state index in [-0.39, 0.29) is 0 Å². The lowest BCUT2D eigenvalue weighted by molar-refractivity contribution is 0.387. The smallest absolute Gasteiger partial charge is 0.234 e. The fourth-order valence-electron chi connectivity index (χ4n) is 7.90. The maximum absolute atomic E-state index is 6.59. The van der Waals surface area contributed by atoms with Crippen LogP contribution < -0.4 is 10.6 Å². The summed E-state index contributed by atoms with van der Waals surface area (Å²) >= 11 is 0. The van der Waals surface area contributed by atoms with Gasteiger partial charge in [-0.25, -0.2) is 19.9 Å². The summed E-state index contributed by atoms with van der Waals surface area (Å²) in [5.74, 6) is 2.67. The van der Waals surface area contributed by atoms with Crippen LogP contribution in [-0.2, 0) is 5.54 Å². The zero-order valence-electron chi connectivity index (χ0n) is 29.2. The molecule has 0 atom stereocenters. The van der Waals surface area contributed by atoms with Crippen molar-refractivity contribution in [2.45, 2.75) is 108 Å². The van der Waals surface area contributed by atoms with Crippen LogP contribution in [0.5, 0.6) is 0 Å². The zero-order chi connectivity index (χ0) is 33.6. The van der Waals surface area contributed by atoms with E-state index in [1.54, 1.807) is 0 Å². The van der Waals surface area contributed by atoms with E-state index in [9.17, 15) is 0 Å². The molecule has 0 aliphatic heterocycles. The van der Waals surface area contributed by atoms with Gasteiger partial charge in [-0.2, -0.15) is 0 Å². The summed E-state index contributed by atoms with van der Waals surface area (Å²) in [7, 11) is 0. The third-order valence-electron chi connectivity index (χ3n) is 11.2. The molecule has 0 spiro atoms. The van der Waals surface area contributed by atoms with Crippen LogP contribution in [0.2, 0.25) is 0 Å². The van der Waals surface area contributed by atoms with E-state index in [1.807, 2.05) is 30.9 Å². The number of hydrogen-bond donors (Lipinski definition) is 1. The number of rotatable bonds is 10. The van der Waals surface area contributed by atoms with Gasteiger partial charge < -0.3 is 5.73 Å². The fourth-order valence-corrected chi connectivity index (χ4v) is 7.90. The van der Waals surface area contributed by atoms with Gasteiger partial charge in [-0.05, 0) is 96.9 Å². The predicted octanol–water partition coefficient (Wildman–Crippen LogP) is 11.1. The Balaban J connectivity index is 1.20. The monoisotopic (exact) mass is 650 g/mol. The molecule has 2 fully saturated rings. The average Bonchev–Trinajstić information content (AvgIpc) is 3.19. The molecule has 2 N–H and O–H groups in total. The van der Waals surface area contributed by atoms with Crippen molar-refractivity contribution < 1.29 is 0 Å². The van der Waals surface area contributed by atoms with Crippen LogP contribution >= 0.6 is 0 Å². The molecule has 252 valence electrons. The molecule has 2 aromatic heterocycles. The number of nitrogens with zero attached hydrogens (tertiary/aromatic N) is 5. The molecular weight excluding hydrogens is 601 g/mol. The SMILES string of the molecule is CCC(N)(CC)c1ncc(-c2ccccc2-c2cnc(N(c3ccc(C4CCCCC4)cc3)c3ccc(C4CCCCC4)cc3)nc2)cn1. The third-order valence-corrected chi connectivity index (χ3v) is 11.2. The lowest BCUT2D eigenvalue weighted by atomic mass is 9.84. The van der Waals surface area contributed by atoms with Gasteiger partial charge in [0, 0.05) is 47.3 Å². The molecule has 0 amide bonds. The standard InChI is InChI=1S/C43H50N6/c1-3-43(44,4-2)41-45-27-35(28-46-41)39-17-11-12-18-40(39)36-29-47-42(48-30-36)49(37-23-19-33(20-24-37)31-13-7-5-8-14-31)38-25-21-34(22-26-38)32-15-9-6-10-16-32/h11-12,17-32H,3-10,13-16,44H2,1-2H3. The molecule has 2 saturated carbocycles. The molecule has 2 aliphatic rings. The largest absolute Gasteiger partial charge is 0.319 e. The molecule has 0 bridgehead atoms. The number of hydrogen-bond acceptors (Lipinski definition) is 6. The highest BCUT2D eigenvalue weighted by Gasteiger charge is 2.26. The van der Waals surface area contributed by atoms with Crippen molar-refractivity contribution >= 4 is 17.3 Å². The van der Waals surface area contributed by atoms with Crippen molar-refractivity contribution in [1.29, 1.82) is 0 Å². The number of aromatic nitrogens is 4. The number of nitrogens with two attached hydrogens (primary N) is 1. The summed E-state index contributed by atoms with van der Waals surface area (Å²) in [6, 6.07) is 26.6. The zero-order valence-corrected chi connectivity index (χ0v) is 29.2. The highest BCUT2D eigenvalue weighted by atomic mass is 15.3. The molecule has 0 unspecified atom stereocenters. The Morgan fingerprint density at radius 3 is 1.39 bits per heavy atom. The van der Waals surface area contributed by atoms with Crippen LogP contribution in [0.15, 0.2) is 97.6 Å². The first-order valence-electron chi connectivity index (χ1n) is 18.6. The Labute approximate surface area is 292 Å². The normalized spacial score (nSPS) is 16.1. The third kappa shape index (κ3) is 7.16. The molecule has 5 aromatic rings. The average molecular weight is 651 g/mol. The Hall–Kier alpha value is -4.42. The van der Waals surface area contributed by atoms with Crippen molar-refractivity contribution in [2.75, 3.05) is 4.90 Å². The fraction of sp³-hybridized carbons (Fsp3) is 0.395. The van der Waals surface area contributed by atoms with Gasteiger partial charge in [0.15, 0.2) is 0 Å². The summed E-state index contributed by atoms with van der Waals surface area (Å²) < 4.78 is 0. The van der Waals surface area contributed by atoms with Crippen molar-refractivity contribution in [3.8, 4) is 22.3 Å². The molecule has 0 saturated heterocycles. The molecule has 2 aliphatic carbocycles. The summed E-state index contributed by atoms with van der Waals surface area (Å²) in [6.07, 6.45) is 22.5. The van der Waals surface area contributed by atoms with Crippen LogP contribution in [0, 0.1) is 0 Å². The predicted molar refractivity (Wildman–Crippen MR) is 201 cm³/mol. The minimum Gasteiger partial charge on any atom is -0.319 e. The summed E-state index contributed by atoms with van der Waals surface area (Å²) in [5.41, 5.74) is 15.1. The van der Waals surface area contributed by atoms with Gasteiger partial charge in [-0.3, -0.25) is 4.90 Å². The maximum Gasteiger partial charge on any atom is 0.234 e. The first-order chi connectivity index (χ1) is 24.1. The summed E-state index contributed by atoms with van der Waals surface area (Å²) in [6.45, 7) is 4.17. The summed E-state index contributed by atoms with van der Waals surface area (Å²) in [5, 5.41) is 0. The van der Waals surface area contributed by atoms with Crippen LogP contribution in [0.1, 0.15) is 120 Å². The van der Waals surface area contributed by atoms with E-state index in [2.05, 4.69) is 85.5 Å². The summed E-state index contributed by atoms with van der Waals surface area (Å²) in [4.78, 5) is 21.6. The Morgan fingerprint density at radius 1 is 0.571 bits per heavy atom. The van der Waals surface area contributed by atoms with Gasteiger partial charge in [0.1, 0.15) is 5.82 Å². The second-order valence-electron chi connectivity index (χ2n) is 14.2. The Morgan fingerprint density at radius 2 is 0.980 bits per heavy atom. The van der Waals surface area contributed by atoms with Gasteiger partial charge in [0.25, 0.3) is 0 Å². The molecule has 7 rings (SSSR count). The van der Waals surface area contributed by atoms with Crippen LogP contribution in [0.25, 0.3) is 22.3 Å². The number of anilines is 3. The minimum absolute atomic E-state index is 0.514. The second-order valence-corrected chi connectivity index (χ2v) is 14.2. The van der Waals surface area contributed by atoms with Crippen LogP contribution in [-0.4, -0.2) is 19.9 Å². The highest BCUT2D eigenvalue weighted by molar-refractivity contribution is 5.83. The Bertz CT molecular complexity index is 1720. The molecular formula is C43H50N6. The minimum atomic E-state index is -0.514. The van der Waals surface area contributed by atoms with Gasteiger partial charge in [0.05, 0.1) is 5.54 Å². The van der Waals surface area contributed by atoms with Crippen molar-refractivity contribution in [3.63, 3.8) is 0 Å². The Kier molecular flexibility index (Phi) is 10.1. The van der Waals surface area contributed by atoms with E-state index in [0.29, 0.717) is 23.6 Å².